The highest BCUT2D eigenvalue weighted by Gasteiger charge is 2.23. The van der Waals surface area contributed by atoms with E-state index < -0.39 is 0 Å². The molecule has 118 valence electrons. The van der Waals surface area contributed by atoms with Crippen LogP contribution in [0.25, 0.3) is 0 Å². The molecule has 0 bridgehead atoms. The lowest BCUT2D eigenvalue weighted by Crippen LogP contribution is -2.25. The Labute approximate surface area is 143 Å². The molecule has 0 unspecified atom stereocenters. The zero-order chi connectivity index (χ0) is 16.4. The molecule has 2 amide bonds. The van der Waals surface area contributed by atoms with E-state index in [4.69, 9.17) is 23.2 Å². The SMILES string of the molecule is O=C(Nc1c(Cl)cccc1Cl)c1ccc(C(=O)NC2CC2)cc1. The van der Waals surface area contributed by atoms with Crippen LogP contribution in [0.15, 0.2) is 42.5 Å². The number of para-hydroxylation sites is 1. The van der Waals surface area contributed by atoms with Crippen molar-refractivity contribution < 1.29 is 9.59 Å². The lowest BCUT2D eigenvalue weighted by Gasteiger charge is -2.09. The Kier molecular flexibility index (Phi) is 4.55. The first-order valence-electron chi connectivity index (χ1n) is 7.21. The second-order valence-electron chi connectivity index (χ2n) is 5.38. The fraction of sp³-hybridized carbons (Fsp3) is 0.176. The number of hydrogen-bond donors (Lipinski definition) is 2. The summed E-state index contributed by atoms with van der Waals surface area (Å²) in [6.45, 7) is 0. The maximum Gasteiger partial charge on any atom is 0.255 e. The first-order valence-corrected chi connectivity index (χ1v) is 7.96. The van der Waals surface area contributed by atoms with Crippen LogP contribution in [0.3, 0.4) is 0 Å². The highest BCUT2D eigenvalue weighted by molar-refractivity contribution is 6.40. The number of halogens is 2. The van der Waals surface area contributed by atoms with E-state index in [1.807, 2.05) is 0 Å². The molecule has 0 spiro atoms. The van der Waals surface area contributed by atoms with Gasteiger partial charge in [0.1, 0.15) is 0 Å². The zero-order valence-corrected chi connectivity index (χ0v) is 13.6. The Morgan fingerprint density at radius 2 is 1.39 bits per heavy atom. The van der Waals surface area contributed by atoms with Crippen molar-refractivity contribution in [3.63, 3.8) is 0 Å². The Bertz CT molecular complexity index is 735. The van der Waals surface area contributed by atoms with Crippen molar-refractivity contribution in [3.05, 3.63) is 63.6 Å². The second-order valence-corrected chi connectivity index (χ2v) is 6.19. The summed E-state index contributed by atoms with van der Waals surface area (Å²) in [4.78, 5) is 24.2. The van der Waals surface area contributed by atoms with Crippen molar-refractivity contribution in [2.75, 3.05) is 5.32 Å². The number of anilines is 1. The van der Waals surface area contributed by atoms with E-state index in [9.17, 15) is 9.59 Å². The highest BCUT2D eigenvalue weighted by Crippen LogP contribution is 2.30. The molecular formula is C17H14Cl2N2O2. The lowest BCUT2D eigenvalue weighted by atomic mass is 10.1. The predicted molar refractivity (Wildman–Crippen MR) is 91.3 cm³/mol. The molecule has 1 aliphatic carbocycles. The summed E-state index contributed by atoms with van der Waals surface area (Å²) >= 11 is 12.1. The van der Waals surface area contributed by atoms with Crippen LogP contribution >= 0.6 is 23.2 Å². The van der Waals surface area contributed by atoms with Gasteiger partial charge in [-0.3, -0.25) is 9.59 Å². The van der Waals surface area contributed by atoms with Gasteiger partial charge in [0.05, 0.1) is 15.7 Å². The zero-order valence-electron chi connectivity index (χ0n) is 12.1. The van der Waals surface area contributed by atoms with E-state index in [1.165, 1.54) is 0 Å². The normalized spacial score (nSPS) is 13.5. The molecule has 0 heterocycles. The summed E-state index contributed by atoms with van der Waals surface area (Å²) in [6, 6.07) is 11.7. The third-order valence-electron chi connectivity index (χ3n) is 3.52. The number of rotatable bonds is 4. The van der Waals surface area contributed by atoms with E-state index in [2.05, 4.69) is 10.6 Å². The van der Waals surface area contributed by atoms with Crippen molar-refractivity contribution in [2.24, 2.45) is 0 Å². The molecule has 0 aromatic heterocycles. The lowest BCUT2D eigenvalue weighted by molar-refractivity contribution is 0.0949. The maximum absolute atomic E-state index is 12.3. The van der Waals surface area contributed by atoms with Gasteiger partial charge in [0.2, 0.25) is 0 Å². The third kappa shape index (κ3) is 3.84. The van der Waals surface area contributed by atoms with Crippen LogP contribution in [0.1, 0.15) is 33.6 Å². The van der Waals surface area contributed by atoms with E-state index in [0.29, 0.717) is 32.9 Å². The first-order chi connectivity index (χ1) is 11.0. The van der Waals surface area contributed by atoms with Crippen LogP contribution in [-0.4, -0.2) is 17.9 Å². The van der Waals surface area contributed by atoms with Crippen LogP contribution in [0, 0.1) is 0 Å². The molecule has 1 saturated carbocycles. The fourth-order valence-corrected chi connectivity index (χ4v) is 2.56. The summed E-state index contributed by atoms with van der Waals surface area (Å²) in [6.07, 6.45) is 2.07. The topological polar surface area (TPSA) is 58.2 Å². The Morgan fingerprint density at radius 1 is 0.870 bits per heavy atom. The van der Waals surface area contributed by atoms with Gasteiger partial charge < -0.3 is 10.6 Å². The molecule has 4 nitrogen and oxygen atoms in total. The first kappa shape index (κ1) is 15.8. The molecule has 1 fully saturated rings. The van der Waals surface area contributed by atoms with Gasteiger partial charge in [0.15, 0.2) is 0 Å². The molecule has 2 aromatic rings. The van der Waals surface area contributed by atoms with Crippen LogP contribution in [0.2, 0.25) is 10.0 Å². The number of nitrogens with one attached hydrogen (secondary N) is 2. The summed E-state index contributed by atoms with van der Waals surface area (Å²) in [7, 11) is 0. The largest absolute Gasteiger partial charge is 0.349 e. The van der Waals surface area contributed by atoms with Gasteiger partial charge in [-0.25, -0.2) is 0 Å². The fourth-order valence-electron chi connectivity index (χ4n) is 2.07. The van der Waals surface area contributed by atoms with Crippen molar-refractivity contribution in [3.8, 4) is 0 Å². The molecular weight excluding hydrogens is 335 g/mol. The van der Waals surface area contributed by atoms with Gasteiger partial charge in [-0.15, -0.1) is 0 Å². The van der Waals surface area contributed by atoms with Crippen molar-refractivity contribution in [1.82, 2.24) is 5.32 Å². The minimum absolute atomic E-state index is 0.117. The van der Waals surface area contributed by atoms with Crippen molar-refractivity contribution >= 4 is 40.7 Å². The average molecular weight is 349 g/mol. The molecule has 1 aliphatic rings. The summed E-state index contributed by atoms with van der Waals surface area (Å²) in [5, 5.41) is 6.32. The molecule has 0 atom stereocenters. The number of amides is 2. The van der Waals surface area contributed by atoms with E-state index in [-0.39, 0.29) is 11.8 Å². The highest BCUT2D eigenvalue weighted by atomic mass is 35.5. The summed E-state index contributed by atoms with van der Waals surface area (Å²) in [5.74, 6) is -0.456. The van der Waals surface area contributed by atoms with Crippen LogP contribution in [0.5, 0.6) is 0 Å². The van der Waals surface area contributed by atoms with Gasteiger partial charge in [0, 0.05) is 17.2 Å². The monoisotopic (exact) mass is 348 g/mol. The quantitative estimate of drug-likeness (QED) is 0.872. The molecule has 0 saturated heterocycles. The van der Waals surface area contributed by atoms with Gasteiger partial charge in [-0.1, -0.05) is 29.3 Å². The Balaban J connectivity index is 1.71. The van der Waals surface area contributed by atoms with Crippen LogP contribution < -0.4 is 10.6 Å². The Hall–Kier alpha value is -2.04. The molecule has 23 heavy (non-hydrogen) atoms. The van der Waals surface area contributed by atoms with E-state index in [0.717, 1.165) is 12.8 Å². The molecule has 0 radical (unpaired) electrons. The van der Waals surface area contributed by atoms with E-state index >= 15 is 0 Å². The number of hydrogen-bond acceptors (Lipinski definition) is 2. The van der Waals surface area contributed by atoms with Crippen LogP contribution in [-0.2, 0) is 0 Å². The third-order valence-corrected chi connectivity index (χ3v) is 4.15. The molecule has 6 heteroatoms. The van der Waals surface area contributed by atoms with Crippen LogP contribution in [0.4, 0.5) is 5.69 Å². The smallest absolute Gasteiger partial charge is 0.255 e. The van der Waals surface area contributed by atoms with Gasteiger partial charge >= 0.3 is 0 Å². The molecule has 0 aliphatic heterocycles. The standard InChI is InChI=1S/C17H14Cl2N2O2/c18-13-2-1-3-14(19)15(13)21-17(23)11-6-4-10(5-7-11)16(22)20-12-8-9-12/h1-7,12H,8-9H2,(H,20,22)(H,21,23). The number of carbonyl (C=O) groups excluding carboxylic acids is 2. The minimum atomic E-state index is -0.339. The van der Waals surface area contributed by atoms with Gasteiger partial charge in [-0.2, -0.15) is 0 Å². The minimum Gasteiger partial charge on any atom is -0.349 e. The molecule has 2 aromatic carbocycles. The maximum atomic E-state index is 12.3. The van der Waals surface area contributed by atoms with Crippen molar-refractivity contribution in [2.45, 2.75) is 18.9 Å². The van der Waals surface area contributed by atoms with Gasteiger partial charge in [0.25, 0.3) is 11.8 Å². The van der Waals surface area contributed by atoms with Crippen molar-refractivity contribution in [1.29, 1.82) is 0 Å². The molecule has 2 N–H and O–H groups in total. The summed E-state index contributed by atoms with van der Waals surface area (Å²) < 4.78 is 0. The Morgan fingerprint density at radius 3 is 1.91 bits per heavy atom. The molecule has 3 rings (SSSR count). The number of benzene rings is 2. The summed E-state index contributed by atoms with van der Waals surface area (Å²) in [5.41, 5.74) is 1.32. The van der Waals surface area contributed by atoms with Gasteiger partial charge in [-0.05, 0) is 49.2 Å². The average Bonchev–Trinajstić information content (AvgIpc) is 3.35. The number of carbonyl (C=O) groups is 2. The van der Waals surface area contributed by atoms with E-state index in [1.54, 1.807) is 42.5 Å². The second kappa shape index (κ2) is 6.60. The predicted octanol–water partition coefficient (Wildman–Crippen LogP) is 4.14.